The molecule has 0 saturated carbocycles. The molecule has 3 aromatic carbocycles. The van der Waals surface area contributed by atoms with Gasteiger partial charge in [-0.3, -0.25) is 0 Å². The van der Waals surface area contributed by atoms with Gasteiger partial charge < -0.3 is 0 Å². The number of rotatable bonds is 4. The lowest BCUT2D eigenvalue weighted by Crippen LogP contribution is -2.25. The highest BCUT2D eigenvalue weighted by atomic mass is 14.4. The van der Waals surface area contributed by atoms with Gasteiger partial charge in [0.1, 0.15) is 0 Å². The summed E-state index contributed by atoms with van der Waals surface area (Å²) in [4.78, 5) is 0. The fourth-order valence-electron chi connectivity index (χ4n) is 4.62. The Hall–Kier alpha value is -2.34. The van der Waals surface area contributed by atoms with E-state index in [9.17, 15) is 0 Å². The van der Waals surface area contributed by atoms with Gasteiger partial charge in [0.05, 0.1) is 0 Å². The molecule has 0 amide bonds. The SMILES string of the molecule is CC(C)(C)C(c1ccccc1)c1ccccc1C(c1ccccc1)C(C)(C)C. The molecule has 0 fully saturated rings. The second-order valence-corrected chi connectivity index (χ2v) is 10.0. The minimum absolute atomic E-state index is 0.122. The summed E-state index contributed by atoms with van der Waals surface area (Å²) in [6, 6.07) is 31.1. The molecule has 0 aliphatic carbocycles. The Balaban J connectivity index is 2.24. The third kappa shape index (κ3) is 4.38. The molecule has 28 heavy (non-hydrogen) atoms. The molecular formula is C28H34. The third-order valence-electron chi connectivity index (χ3n) is 5.62. The summed E-state index contributed by atoms with van der Waals surface area (Å²) in [5.41, 5.74) is 5.92. The first kappa shape index (κ1) is 20.4. The molecule has 0 nitrogen and oxygen atoms in total. The van der Waals surface area contributed by atoms with Gasteiger partial charge in [0.2, 0.25) is 0 Å². The summed E-state index contributed by atoms with van der Waals surface area (Å²) in [6.07, 6.45) is 0. The molecule has 0 heterocycles. The minimum Gasteiger partial charge on any atom is -0.0622 e. The van der Waals surface area contributed by atoms with Crippen LogP contribution in [0.1, 0.15) is 75.6 Å². The predicted octanol–water partition coefficient (Wildman–Crippen LogP) is 8.04. The van der Waals surface area contributed by atoms with Crippen molar-refractivity contribution in [1.82, 2.24) is 0 Å². The number of hydrogen-bond acceptors (Lipinski definition) is 0. The van der Waals surface area contributed by atoms with Gasteiger partial charge in [-0.25, -0.2) is 0 Å². The van der Waals surface area contributed by atoms with E-state index in [0.29, 0.717) is 11.8 Å². The van der Waals surface area contributed by atoms with Crippen molar-refractivity contribution in [3.8, 4) is 0 Å². The van der Waals surface area contributed by atoms with E-state index in [1.807, 2.05) is 0 Å². The average Bonchev–Trinajstić information content (AvgIpc) is 2.63. The van der Waals surface area contributed by atoms with Crippen molar-refractivity contribution in [2.45, 2.75) is 53.4 Å². The maximum Gasteiger partial charge on any atom is 0.0141 e. The molecule has 0 saturated heterocycles. The number of hydrogen-bond donors (Lipinski definition) is 0. The minimum atomic E-state index is 0.122. The highest BCUT2D eigenvalue weighted by Crippen LogP contribution is 2.48. The van der Waals surface area contributed by atoms with E-state index in [1.54, 1.807) is 0 Å². The van der Waals surface area contributed by atoms with Crippen LogP contribution in [0.5, 0.6) is 0 Å². The van der Waals surface area contributed by atoms with Crippen molar-refractivity contribution < 1.29 is 0 Å². The van der Waals surface area contributed by atoms with E-state index in [2.05, 4.69) is 126 Å². The molecule has 2 atom stereocenters. The van der Waals surface area contributed by atoms with Gasteiger partial charge in [-0.05, 0) is 33.1 Å². The van der Waals surface area contributed by atoms with Crippen LogP contribution in [0.2, 0.25) is 0 Å². The van der Waals surface area contributed by atoms with E-state index in [1.165, 1.54) is 22.3 Å². The second kappa shape index (κ2) is 7.95. The molecule has 0 aliphatic rings. The Morgan fingerprint density at radius 2 is 0.714 bits per heavy atom. The van der Waals surface area contributed by atoms with Crippen LogP contribution in [-0.2, 0) is 0 Å². The zero-order valence-corrected chi connectivity index (χ0v) is 18.2. The van der Waals surface area contributed by atoms with E-state index in [0.717, 1.165) is 0 Å². The smallest absolute Gasteiger partial charge is 0.0141 e. The van der Waals surface area contributed by atoms with Crippen molar-refractivity contribution >= 4 is 0 Å². The van der Waals surface area contributed by atoms with Crippen LogP contribution in [-0.4, -0.2) is 0 Å². The summed E-state index contributed by atoms with van der Waals surface area (Å²) in [5, 5.41) is 0. The standard InChI is InChI=1S/C28H34/c1-27(2,3)25(21-15-9-7-10-16-21)23-19-13-14-20-24(23)26(28(4,5)6)22-17-11-8-12-18-22/h7-20,25-26H,1-6H3. The van der Waals surface area contributed by atoms with E-state index in [-0.39, 0.29) is 10.8 Å². The second-order valence-electron chi connectivity index (χ2n) is 10.0. The highest BCUT2D eigenvalue weighted by molar-refractivity contribution is 5.45. The van der Waals surface area contributed by atoms with Gasteiger partial charge in [0.15, 0.2) is 0 Å². The summed E-state index contributed by atoms with van der Waals surface area (Å²) in [6.45, 7) is 14.1. The lowest BCUT2D eigenvalue weighted by atomic mass is 9.66. The van der Waals surface area contributed by atoms with Crippen molar-refractivity contribution in [2.75, 3.05) is 0 Å². The quantitative estimate of drug-likeness (QED) is 0.436. The molecule has 2 unspecified atom stereocenters. The molecule has 0 N–H and O–H groups in total. The van der Waals surface area contributed by atoms with Gasteiger partial charge >= 0.3 is 0 Å². The molecule has 0 aliphatic heterocycles. The van der Waals surface area contributed by atoms with Crippen LogP contribution in [0.4, 0.5) is 0 Å². The number of benzene rings is 3. The molecule has 0 heteroatoms. The van der Waals surface area contributed by atoms with Gasteiger partial charge in [-0.1, -0.05) is 126 Å². The van der Waals surface area contributed by atoms with Crippen LogP contribution in [0.25, 0.3) is 0 Å². The predicted molar refractivity (Wildman–Crippen MR) is 122 cm³/mol. The Morgan fingerprint density at radius 3 is 1.00 bits per heavy atom. The largest absolute Gasteiger partial charge is 0.0622 e. The molecule has 0 radical (unpaired) electrons. The molecular weight excluding hydrogens is 336 g/mol. The lowest BCUT2D eigenvalue weighted by molar-refractivity contribution is 0.337. The maximum absolute atomic E-state index is 2.36. The molecule has 0 spiro atoms. The van der Waals surface area contributed by atoms with Gasteiger partial charge in [-0.15, -0.1) is 0 Å². The Kier molecular flexibility index (Phi) is 5.79. The lowest BCUT2D eigenvalue weighted by Gasteiger charge is -2.38. The van der Waals surface area contributed by atoms with E-state index in [4.69, 9.17) is 0 Å². The fraction of sp³-hybridized carbons (Fsp3) is 0.357. The summed E-state index contributed by atoms with van der Waals surface area (Å²) >= 11 is 0. The average molecular weight is 371 g/mol. The highest BCUT2D eigenvalue weighted by Gasteiger charge is 2.35. The van der Waals surface area contributed by atoms with Gasteiger partial charge in [-0.2, -0.15) is 0 Å². The van der Waals surface area contributed by atoms with Crippen molar-refractivity contribution in [2.24, 2.45) is 10.8 Å². The molecule has 0 aromatic heterocycles. The Morgan fingerprint density at radius 1 is 0.429 bits per heavy atom. The van der Waals surface area contributed by atoms with Crippen LogP contribution < -0.4 is 0 Å². The maximum atomic E-state index is 2.36. The van der Waals surface area contributed by atoms with E-state index < -0.39 is 0 Å². The normalized spacial score (nSPS) is 14.5. The van der Waals surface area contributed by atoms with Crippen LogP contribution in [0, 0.1) is 10.8 Å². The van der Waals surface area contributed by atoms with Crippen molar-refractivity contribution in [3.63, 3.8) is 0 Å². The van der Waals surface area contributed by atoms with Crippen molar-refractivity contribution in [1.29, 1.82) is 0 Å². The molecule has 0 bridgehead atoms. The summed E-state index contributed by atoms with van der Waals surface area (Å²) in [7, 11) is 0. The first-order valence-corrected chi connectivity index (χ1v) is 10.4. The van der Waals surface area contributed by atoms with Gasteiger partial charge in [0, 0.05) is 11.8 Å². The zero-order valence-electron chi connectivity index (χ0n) is 18.2. The van der Waals surface area contributed by atoms with Crippen LogP contribution in [0.3, 0.4) is 0 Å². The first-order valence-electron chi connectivity index (χ1n) is 10.4. The summed E-state index contributed by atoms with van der Waals surface area (Å²) in [5.74, 6) is 0.692. The van der Waals surface area contributed by atoms with Gasteiger partial charge in [0.25, 0.3) is 0 Å². The van der Waals surface area contributed by atoms with Crippen LogP contribution >= 0.6 is 0 Å². The van der Waals surface area contributed by atoms with Crippen LogP contribution in [0.15, 0.2) is 84.9 Å². The topological polar surface area (TPSA) is 0 Å². The first-order chi connectivity index (χ1) is 13.2. The zero-order chi connectivity index (χ0) is 20.4. The molecule has 3 rings (SSSR count). The summed E-state index contributed by atoms with van der Waals surface area (Å²) < 4.78 is 0. The Labute approximate surface area is 171 Å². The van der Waals surface area contributed by atoms with Crippen molar-refractivity contribution in [3.05, 3.63) is 107 Å². The Bertz CT molecular complexity index is 800. The fourth-order valence-corrected chi connectivity index (χ4v) is 4.62. The molecule has 3 aromatic rings. The molecule has 146 valence electrons. The third-order valence-corrected chi connectivity index (χ3v) is 5.62. The monoisotopic (exact) mass is 370 g/mol. The van der Waals surface area contributed by atoms with E-state index >= 15 is 0 Å².